The van der Waals surface area contributed by atoms with E-state index in [-0.39, 0.29) is 5.92 Å². The second-order valence-corrected chi connectivity index (χ2v) is 5.76. The van der Waals surface area contributed by atoms with Gasteiger partial charge in [-0.25, -0.2) is 4.98 Å². The molecule has 7 heteroatoms. The van der Waals surface area contributed by atoms with E-state index in [4.69, 9.17) is 8.94 Å². The lowest BCUT2D eigenvalue weighted by molar-refractivity contribution is 0.258. The first-order chi connectivity index (χ1) is 11.1. The molecule has 3 rings (SSSR count). The van der Waals surface area contributed by atoms with E-state index in [1.54, 1.807) is 18.7 Å². The molecule has 0 radical (unpaired) electrons. The monoisotopic (exact) mass is 313 g/mol. The van der Waals surface area contributed by atoms with Gasteiger partial charge in [-0.15, -0.1) is 0 Å². The predicted octanol–water partition coefficient (Wildman–Crippen LogP) is 2.88. The first-order valence-corrected chi connectivity index (χ1v) is 7.47. The Labute approximate surface area is 134 Å². The van der Waals surface area contributed by atoms with Crippen molar-refractivity contribution >= 4 is 0 Å². The van der Waals surface area contributed by atoms with Gasteiger partial charge in [0.1, 0.15) is 6.26 Å². The largest absolute Gasteiger partial charge is 0.448 e. The molecule has 0 aromatic carbocycles. The maximum atomic E-state index is 5.44. The second-order valence-electron chi connectivity index (χ2n) is 5.76. The van der Waals surface area contributed by atoms with Crippen molar-refractivity contribution in [2.45, 2.75) is 32.9 Å². The molecule has 7 nitrogen and oxygen atoms in total. The van der Waals surface area contributed by atoms with E-state index < -0.39 is 0 Å². The summed E-state index contributed by atoms with van der Waals surface area (Å²) in [6, 6.07) is 3.74. The van der Waals surface area contributed by atoms with Gasteiger partial charge < -0.3 is 8.94 Å². The molecular weight excluding hydrogens is 294 g/mol. The van der Waals surface area contributed by atoms with E-state index in [2.05, 4.69) is 34.0 Å². The molecule has 0 N–H and O–H groups in total. The smallest absolute Gasteiger partial charge is 0.241 e. The van der Waals surface area contributed by atoms with Gasteiger partial charge in [0.05, 0.1) is 12.2 Å². The van der Waals surface area contributed by atoms with Crippen LogP contribution in [0.2, 0.25) is 0 Å². The molecule has 0 spiro atoms. The average Bonchev–Trinajstić information content (AvgIpc) is 3.18. The Morgan fingerprint density at radius 1 is 1.22 bits per heavy atom. The first-order valence-electron chi connectivity index (χ1n) is 7.47. The fourth-order valence-corrected chi connectivity index (χ4v) is 2.16. The zero-order chi connectivity index (χ0) is 16.2. The van der Waals surface area contributed by atoms with Crippen molar-refractivity contribution in [1.82, 2.24) is 25.0 Å². The molecule has 0 amide bonds. The Balaban J connectivity index is 1.61. The highest BCUT2D eigenvalue weighted by Gasteiger charge is 2.13. The molecule has 0 fully saturated rings. The van der Waals surface area contributed by atoms with Crippen LogP contribution in [0.15, 0.2) is 39.7 Å². The predicted molar refractivity (Wildman–Crippen MR) is 83.3 cm³/mol. The van der Waals surface area contributed by atoms with Crippen molar-refractivity contribution in [1.29, 1.82) is 0 Å². The summed E-state index contributed by atoms with van der Waals surface area (Å²) in [5.74, 6) is 2.14. The molecule has 0 saturated heterocycles. The van der Waals surface area contributed by atoms with Gasteiger partial charge in [-0.05, 0) is 19.2 Å². The Hall–Kier alpha value is -2.54. The van der Waals surface area contributed by atoms with Crippen molar-refractivity contribution in [3.05, 3.63) is 48.3 Å². The highest BCUT2D eigenvalue weighted by atomic mass is 16.5. The van der Waals surface area contributed by atoms with Gasteiger partial charge in [0.2, 0.25) is 11.7 Å². The summed E-state index contributed by atoms with van der Waals surface area (Å²) in [6.45, 7) is 5.30. The summed E-state index contributed by atoms with van der Waals surface area (Å²) < 4.78 is 10.7. The van der Waals surface area contributed by atoms with Crippen molar-refractivity contribution in [3.63, 3.8) is 0 Å². The molecule has 0 aliphatic carbocycles. The quantitative estimate of drug-likeness (QED) is 0.692. The third kappa shape index (κ3) is 3.81. The molecule has 3 aromatic rings. The van der Waals surface area contributed by atoms with Crippen LogP contribution in [0.25, 0.3) is 11.4 Å². The van der Waals surface area contributed by atoms with Crippen LogP contribution in [0.1, 0.15) is 37.2 Å². The summed E-state index contributed by atoms with van der Waals surface area (Å²) in [5.41, 5.74) is 1.73. The third-order valence-electron chi connectivity index (χ3n) is 3.29. The van der Waals surface area contributed by atoms with Gasteiger partial charge in [0, 0.05) is 30.4 Å². The Kier molecular flexibility index (Phi) is 4.47. The van der Waals surface area contributed by atoms with Crippen LogP contribution >= 0.6 is 0 Å². The Bertz CT molecular complexity index is 751. The topological polar surface area (TPSA) is 81.1 Å². The zero-order valence-electron chi connectivity index (χ0n) is 13.4. The minimum Gasteiger partial charge on any atom is -0.448 e. The minimum absolute atomic E-state index is 0.284. The van der Waals surface area contributed by atoms with Crippen molar-refractivity contribution < 1.29 is 8.94 Å². The highest BCUT2D eigenvalue weighted by Crippen LogP contribution is 2.16. The molecule has 3 heterocycles. The zero-order valence-corrected chi connectivity index (χ0v) is 13.4. The number of aromatic nitrogens is 4. The van der Waals surface area contributed by atoms with Gasteiger partial charge in [0.25, 0.3) is 0 Å². The van der Waals surface area contributed by atoms with E-state index >= 15 is 0 Å². The van der Waals surface area contributed by atoms with Gasteiger partial charge in [-0.3, -0.25) is 9.88 Å². The van der Waals surface area contributed by atoms with Gasteiger partial charge in [-0.1, -0.05) is 19.0 Å². The average molecular weight is 313 g/mol. The molecule has 0 bridgehead atoms. The number of pyridine rings is 1. The lowest BCUT2D eigenvalue weighted by atomic mass is 10.2. The van der Waals surface area contributed by atoms with Crippen LogP contribution in [-0.4, -0.2) is 32.1 Å². The molecule has 120 valence electrons. The fourth-order valence-electron chi connectivity index (χ4n) is 2.16. The first kappa shape index (κ1) is 15.4. The van der Waals surface area contributed by atoms with E-state index in [1.807, 2.05) is 24.1 Å². The number of oxazole rings is 1. The standard InChI is InChI=1S/C16H19N5O2/c1-11(2)16-18-13(10-22-16)8-21(3)9-14-19-15(20-23-14)12-5-4-6-17-7-12/h4-7,10-11H,8-9H2,1-3H3. The van der Waals surface area contributed by atoms with Crippen LogP contribution in [0, 0.1) is 0 Å². The van der Waals surface area contributed by atoms with Crippen molar-refractivity contribution in [2.24, 2.45) is 0 Å². The minimum atomic E-state index is 0.284. The lowest BCUT2D eigenvalue weighted by Crippen LogP contribution is -2.17. The SMILES string of the molecule is CC(C)c1nc(CN(C)Cc2nc(-c3cccnc3)no2)co1. The summed E-state index contributed by atoms with van der Waals surface area (Å²) in [5, 5.41) is 3.99. The molecule has 0 aliphatic rings. The molecule has 23 heavy (non-hydrogen) atoms. The Morgan fingerprint density at radius 2 is 2.09 bits per heavy atom. The highest BCUT2D eigenvalue weighted by molar-refractivity contribution is 5.51. The summed E-state index contributed by atoms with van der Waals surface area (Å²) >= 11 is 0. The summed E-state index contributed by atoms with van der Waals surface area (Å²) in [4.78, 5) is 15.0. The molecule has 0 saturated carbocycles. The van der Waals surface area contributed by atoms with Crippen LogP contribution in [0.5, 0.6) is 0 Å². The van der Waals surface area contributed by atoms with Crippen LogP contribution in [0.3, 0.4) is 0 Å². The van der Waals surface area contributed by atoms with E-state index in [1.165, 1.54) is 0 Å². The maximum Gasteiger partial charge on any atom is 0.241 e. The molecule has 0 unspecified atom stereocenters. The summed E-state index contributed by atoms with van der Waals surface area (Å²) in [7, 11) is 1.97. The maximum absolute atomic E-state index is 5.44. The summed E-state index contributed by atoms with van der Waals surface area (Å²) in [6.07, 6.45) is 5.11. The van der Waals surface area contributed by atoms with E-state index in [9.17, 15) is 0 Å². The van der Waals surface area contributed by atoms with Crippen LogP contribution in [-0.2, 0) is 13.1 Å². The molecule has 3 aromatic heterocycles. The molecule has 0 atom stereocenters. The van der Waals surface area contributed by atoms with Gasteiger partial charge in [-0.2, -0.15) is 4.98 Å². The van der Waals surface area contributed by atoms with E-state index in [0.29, 0.717) is 24.8 Å². The molecule has 0 aliphatic heterocycles. The van der Waals surface area contributed by atoms with Crippen LogP contribution < -0.4 is 0 Å². The van der Waals surface area contributed by atoms with E-state index in [0.717, 1.165) is 17.1 Å². The second kappa shape index (κ2) is 6.70. The van der Waals surface area contributed by atoms with Crippen molar-refractivity contribution in [2.75, 3.05) is 7.05 Å². The number of hydrogen-bond donors (Lipinski definition) is 0. The number of nitrogens with zero attached hydrogens (tertiary/aromatic N) is 5. The van der Waals surface area contributed by atoms with Crippen LogP contribution in [0.4, 0.5) is 0 Å². The normalized spacial score (nSPS) is 11.5. The number of rotatable bonds is 6. The Morgan fingerprint density at radius 3 is 2.78 bits per heavy atom. The fraction of sp³-hybridized carbons (Fsp3) is 0.375. The van der Waals surface area contributed by atoms with Crippen molar-refractivity contribution in [3.8, 4) is 11.4 Å². The third-order valence-corrected chi connectivity index (χ3v) is 3.29. The van der Waals surface area contributed by atoms with Gasteiger partial charge >= 0.3 is 0 Å². The molecular formula is C16H19N5O2. The van der Waals surface area contributed by atoms with Gasteiger partial charge in [0.15, 0.2) is 5.89 Å². The lowest BCUT2D eigenvalue weighted by Gasteiger charge is -2.11. The number of hydrogen-bond acceptors (Lipinski definition) is 7.